The van der Waals surface area contributed by atoms with E-state index in [1.165, 1.54) is 13.2 Å². The van der Waals surface area contributed by atoms with E-state index in [2.05, 4.69) is 0 Å². The second kappa shape index (κ2) is 5.19. The van der Waals surface area contributed by atoms with Crippen LogP contribution in [0.1, 0.15) is 5.56 Å². The Morgan fingerprint density at radius 2 is 2.31 bits per heavy atom. The first-order chi connectivity index (χ1) is 7.60. The maximum Gasteiger partial charge on any atom is 0.346 e. The summed E-state index contributed by atoms with van der Waals surface area (Å²) >= 11 is 5.94. The molecule has 82 valence electrons. The van der Waals surface area contributed by atoms with E-state index in [-0.39, 0.29) is 10.6 Å². The van der Waals surface area contributed by atoms with E-state index in [1.807, 2.05) is 0 Å². The zero-order valence-corrected chi connectivity index (χ0v) is 9.15. The predicted octanol–water partition coefficient (Wildman–Crippen LogP) is 2.34. The lowest BCUT2D eigenvalue weighted by molar-refractivity contribution is -0.132. The first-order valence-electron chi connectivity index (χ1n) is 4.27. The fraction of sp³-hybridized carbons (Fsp3) is 0.0909. The number of carbonyl (C=O) groups is 1. The number of methoxy groups -OCH3 is 1. The molecule has 5 heteroatoms. The third kappa shape index (κ3) is 2.53. The molecular formula is C11H8ClNO3. The van der Waals surface area contributed by atoms with E-state index in [0.29, 0.717) is 11.3 Å². The van der Waals surface area contributed by atoms with Crippen LogP contribution in [0.2, 0.25) is 5.02 Å². The van der Waals surface area contributed by atoms with Gasteiger partial charge in [0.15, 0.2) is 0 Å². The van der Waals surface area contributed by atoms with Crippen LogP contribution in [0, 0.1) is 11.3 Å². The van der Waals surface area contributed by atoms with Crippen molar-refractivity contribution in [3.8, 4) is 11.8 Å². The first-order valence-corrected chi connectivity index (χ1v) is 4.65. The fourth-order valence-corrected chi connectivity index (χ4v) is 1.35. The Labute approximate surface area is 97.3 Å². The Morgan fingerprint density at radius 3 is 2.81 bits per heavy atom. The molecule has 0 atom stereocenters. The minimum atomic E-state index is -1.29. The molecular weight excluding hydrogens is 230 g/mol. The van der Waals surface area contributed by atoms with Gasteiger partial charge in [0.05, 0.1) is 12.1 Å². The summed E-state index contributed by atoms with van der Waals surface area (Å²) in [6, 6.07) is 6.48. The summed E-state index contributed by atoms with van der Waals surface area (Å²) in [6.07, 6.45) is 1.20. The molecule has 1 rings (SSSR count). The number of carboxylic acid groups (broad SMARTS) is 1. The number of nitrogens with zero attached hydrogens (tertiary/aromatic N) is 1. The Bertz CT molecular complexity index is 488. The maximum absolute atomic E-state index is 10.6. The predicted molar refractivity (Wildman–Crippen MR) is 59.2 cm³/mol. The Balaban J connectivity index is 3.25. The molecule has 1 N–H and O–H groups in total. The van der Waals surface area contributed by atoms with Gasteiger partial charge >= 0.3 is 5.97 Å². The quantitative estimate of drug-likeness (QED) is 0.647. The SMILES string of the molecule is COc1cccc(/C=C(\C#N)C(=O)O)c1Cl. The molecule has 0 aliphatic rings. The molecule has 0 amide bonds. The number of carboxylic acids is 1. The second-order valence-corrected chi connectivity index (χ2v) is 3.22. The van der Waals surface area contributed by atoms with Gasteiger partial charge in [-0.15, -0.1) is 0 Å². The lowest BCUT2D eigenvalue weighted by atomic mass is 10.1. The third-order valence-electron chi connectivity index (χ3n) is 1.86. The number of halogens is 1. The van der Waals surface area contributed by atoms with Gasteiger partial charge in [-0.2, -0.15) is 5.26 Å². The summed E-state index contributed by atoms with van der Waals surface area (Å²) in [6.45, 7) is 0. The average Bonchev–Trinajstić information content (AvgIpc) is 2.27. The van der Waals surface area contributed by atoms with Crippen molar-refractivity contribution in [1.29, 1.82) is 5.26 Å². The van der Waals surface area contributed by atoms with Crippen LogP contribution in [0.4, 0.5) is 0 Å². The Hall–Kier alpha value is -1.99. The van der Waals surface area contributed by atoms with Crippen LogP contribution in [-0.4, -0.2) is 18.2 Å². The third-order valence-corrected chi connectivity index (χ3v) is 2.27. The highest BCUT2D eigenvalue weighted by molar-refractivity contribution is 6.33. The van der Waals surface area contributed by atoms with Gasteiger partial charge in [-0.3, -0.25) is 0 Å². The number of rotatable bonds is 3. The van der Waals surface area contributed by atoms with Gasteiger partial charge in [0.2, 0.25) is 0 Å². The number of hydrogen-bond donors (Lipinski definition) is 1. The van der Waals surface area contributed by atoms with Crippen LogP contribution in [0.25, 0.3) is 6.08 Å². The molecule has 0 aliphatic carbocycles. The lowest BCUT2D eigenvalue weighted by Crippen LogP contribution is -1.97. The van der Waals surface area contributed by atoms with Gasteiger partial charge in [-0.25, -0.2) is 4.79 Å². The highest BCUT2D eigenvalue weighted by Gasteiger charge is 2.09. The summed E-state index contributed by atoms with van der Waals surface area (Å²) in [5.74, 6) is -0.862. The van der Waals surface area contributed by atoms with E-state index >= 15 is 0 Å². The normalized spacial score (nSPS) is 10.7. The molecule has 0 saturated heterocycles. The number of benzene rings is 1. The van der Waals surface area contributed by atoms with E-state index < -0.39 is 5.97 Å². The van der Waals surface area contributed by atoms with Gasteiger partial charge in [0.25, 0.3) is 0 Å². The number of hydrogen-bond acceptors (Lipinski definition) is 3. The summed E-state index contributed by atoms with van der Waals surface area (Å²) in [7, 11) is 1.46. The van der Waals surface area contributed by atoms with Crippen LogP contribution in [0.15, 0.2) is 23.8 Å². The van der Waals surface area contributed by atoms with Crippen molar-refractivity contribution in [3.05, 3.63) is 34.4 Å². The standard InChI is InChI=1S/C11H8ClNO3/c1-16-9-4-2-3-7(10(9)12)5-8(6-13)11(14)15/h2-5H,1H3,(H,14,15)/b8-5+. The van der Waals surface area contributed by atoms with E-state index in [1.54, 1.807) is 24.3 Å². The van der Waals surface area contributed by atoms with Crippen LogP contribution in [0.5, 0.6) is 5.75 Å². The Kier molecular flexibility index (Phi) is 3.92. The molecule has 4 nitrogen and oxygen atoms in total. The zero-order valence-electron chi connectivity index (χ0n) is 8.40. The number of nitriles is 1. The lowest BCUT2D eigenvalue weighted by Gasteiger charge is -2.04. The van der Waals surface area contributed by atoms with Gasteiger partial charge in [0.1, 0.15) is 17.4 Å². The van der Waals surface area contributed by atoms with E-state index in [0.717, 1.165) is 0 Å². The van der Waals surface area contributed by atoms with Crippen LogP contribution in [-0.2, 0) is 4.79 Å². The van der Waals surface area contributed by atoms with Crippen LogP contribution < -0.4 is 4.74 Å². The van der Waals surface area contributed by atoms with Gasteiger partial charge in [-0.1, -0.05) is 23.7 Å². The van der Waals surface area contributed by atoms with Crippen molar-refractivity contribution in [2.24, 2.45) is 0 Å². The topological polar surface area (TPSA) is 70.3 Å². The molecule has 1 aromatic carbocycles. The molecule has 0 saturated carbocycles. The summed E-state index contributed by atoms with van der Waals surface area (Å²) < 4.78 is 4.97. The molecule has 0 unspecified atom stereocenters. The van der Waals surface area contributed by atoms with Crippen molar-refractivity contribution in [2.45, 2.75) is 0 Å². The highest BCUT2D eigenvalue weighted by atomic mass is 35.5. The maximum atomic E-state index is 10.6. The van der Waals surface area contributed by atoms with Crippen molar-refractivity contribution in [2.75, 3.05) is 7.11 Å². The number of ether oxygens (including phenoxy) is 1. The van der Waals surface area contributed by atoms with Crippen molar-refractivity contribution < 1.29 is 14.6 Å². The van der Waals surface area contributed by atoms with Crippen molar-refractivity contribution in [1.82, 2.24) is 0 Å². The average molecular weight is 238 g/mol. The van der Waals surface area contributed by atoms with Gasteiger partial charge < -0.3 is 9.84 Å². The monoisotopic (exact) mass is 237 g/mol. The minimum Gasteiger partial charge on any atom is -0.495 e. The smallest absolute Gasteiger partial charge is 0.346 e. The molecule has 0 bridgehead atoms. The number of aliphatic carboxylic acids is 1. The molecule has 16 heavy (non-hydrogen) atoms. The van der Waals surface area contributed by atoms with Crippen LogP contribution in [0.3, 0.4) is 0 Å². The highest BCUT2D eigenvalue weighted by Crippen LogP contribution is 2.29. The van der Waals surface area contributed by atoms with Gasteiger partial charge in [-0.05, 0) is 17.7 Å². The Morgan fingerprint density at radius 1 is 1.62 bits per heavy atom. The minimum absolute atomic E-state index is 0.277. The summed E-state index contributed by atoms with van der Waals surface area (Å²) in [5.41, 5.74) is 0.0510. The molecule has 0 aromatic heterocycles. The second-order valence-electron chi connectivity index (χ2n) is 2.84. The molecule has 0 radical (unpaired) electrons. The molecule has 1 aromatic rings. The summed E-state index contributed by atoms with van der Waals surface area (Å²) in [5, 5.41) is 17.6. The van der Waals surface area contributed by atoms with Crippen molar-refractivity contribution >= 4 is 23.6 Å². The molecule has 0 spiro atoms. The van der Waals surface area contributed by atoms with Crippen LogP contribution >= 0.6 is 11.6 Å². The molecule has 0 aliphatic heterocycles. The zero-order chi connectivity index (χ0) is 12.1. The van der Waals surface area contributed by atoms with Gasteiger partial charge in [0, 0.05) is 0 Å². The van der Waals surface area contributed by atoms with E-state index in [9.17, 15) is 4.79 Å². The van der Waals surface area contributed by atoms with E-state index in [4.69, 9.17) is 26.7 Å². The largest absolute Gasteiger partial charge is 0.495 e. The summed E-state index contributed by atoms with van der Waals surface area (Å²) in [4.78, 5) is 10.6. The first kappa shape index (κ1) is 12.1. The van der Waals surface area contributed by atoms with Crippen molar-refractivity contribution in [3.63, 3.8) is 0 Å². The molecule has 0 heterocycles. The molecule has 0 fully saturated rings. The fourth-order valence-electron chi connectivity index (χ4n) is 1.09.